The first-order valence-electron chi connectivity index (χ1n) is 9.66. The average Bonchev–Trinajstić information content (AvgIpc) is 3.08. The van der Waals surface area contributed by atoms with Crippen molar-refractivity contribution in [2.24, 2.45) is 0 Å². The monoisotopic (exact) mass is 431 g/mol. The minimum atomic E-state index is -0.323. The van der Waals surface area contributed by atoms with Gasteiger partial charge in [0.1, 0.15) is 5.52 Å². The lowest BCUT2D eigenvalue weighted by molar-refractivity contribution is -0.730. The number of Topliss-reactive ketones (excluding diaryl/α,β-unsaturated/α-hetero) is 1. The Morgan fingerprint density at radius 1 is 1.00 bits per heavy atom. The van der Waals surface area contributed by atoms with Gasteiger partial charge in [0.25, 0.3) is 10.8 Å². The standard InChI is InChI=1S/C23H18N4O5/c1-13-11-19-21(12-20(13)27(31)32)26(30)22(25-19)16-7-9-18(10-8-16)24-23(29)17-5-3-15(4-6-17)14(2)28/h3-12,30H,1-2H3,(H-,24,25,29,31,32)/p+1. The predicted molar refractivity (Wildman–Crippen MR) is 117 cm³/mol. The third kappa shape index (κ3) is 3.79. The van der Waals surface area contributed by atoms with E-state index in [2.05, 4.69) is 10.3 Å². The summed E-state index contributed by atoms with van der Waals surface area (Å²) in [6, 6.07) is 16.0. The number of hydrogen-bond acceptors (Lipinski definition) is 5. The molecule has 4 aromatic rings. The van der Waals surface area contributed by atoms with E-state index in [-0.39, 0.29) is 33.6 Å². The normalized spacial score (nSPS) is 10.8. The molecule has 0 saturated carbocycles. The molecule has 0 aliphatic rings. The van der Waals surface area contributed by atoms with Crippen molar-refractivity contribution in [3.8, 4) is 11.4 Å². The molecule has 9 heteroatoms. The fraction of sp³-hybridized carbons (Fsp3) is 0.0870. The molecule has 1 aromatic heterocycles. The average molecular weight is 431 g/mol. The Morgan fingerprint density at radius 3 is 2.22 bits per heavy atom. The number of anilines is 1. The van der Waals surface area contributed by atoms with Gasteiger partial charge in [-0.05, 0) is 56.3 Å². The van der Waals surface area contributed by atoms with Crippen LogP contribution < -0.4 is 5.32 Å². The van der Waals surface area contributed by atoms with E-state index in [0.29, 0.717) is 33.5 Å². The van der Waals surface area contributed by atoms with Crippen molar-refractivity contribution < 1.29 is 24.9 Å². The molecule has 3 N–H and O–H groups in total. The Morgan fingerprint density at radius 2 is 1.62 bits per heavy atom. The van der Waals surface area contributed by atoms with E-state index in [1.165, 1.54) is 13.0 Å². The van der Waals surface area contributed by atoms with Gasteiger partial charge in [-0.3, -0.25) is 9.59 Å². The van der Waals surface area contributed by atoms with Crippen molar-refractivity contribution in [2.75, 3.05) is 5.32 Å². The molecule has 0 atom stereocenters. The highest BCUT2D eigenvalue weighted by molar-refractivity contribution is 6.05. The van der Waals surface area contributed by atoms with E-state index < -0.39 is 0 Å². The number of carbonyl (C=O) groups excluding carboxylic acids is 2. The molecule has 1 amide bonds. The largest absolute Gasteiger partial charge is 0.426 e. The fourth-order valence-corrected chi connectivity index (χ4v) is 3.36. The second-order valence-corrected chi connectivity index (χ2v) is 7.31. The van der Waals surface area contributed by atoms with Gasteiger partial charge in [0.2, 0.25) is 0 Å². The van der Waals surface area contributed by atoms with Crippen LogP contribution in [0.25, 0.3) is 22.4 Å². The molecular formula is C23H19N4O5+. The van der Waals surface area contributed by atoms with Gasteiger partial charge in [-0.1, -0.05) is 12.1 Å². The summed E-state index contributed by atoms with van der Waals surface area (Å²) in [5.41, 5.74) is 3.30. The summed E-state index contributed by atoms with van der Waals surface area (Å²) in [5.74, 6) is -0.156. The van der Waals surface area contributed by atoms with Crippen LogP contribution in [0.5, 0.6) is 0 Å². The van der Waals surface area contributed by atoms with Crippen molar-refractivity contribution in [3.63, 3.8) is 0 Å². The van der Waals surface area contributed by atoms with E-state index in [9.17, 15) is 24.9 Å². The second kappa shape index (κ2) is 7.95. The van der Waals surface area contributed by atoms with Crippen LogP contribution >= 0.6 is 0 Å². The topological polar surface area (TPSA) is 125 Å². The molecule has 160 valence electrons. The van der Waals surface area contributed by atoms with Crippen LogP contribution in [0.2, 0.25) is 0 Å². The molecule has 3 aromatic carbocycles. The Balaban J connectivity index is 1.57. The van der Waals surface area contributed by atoms with Crippen LogP contribution in [-0.2, 0) is 0 Å². The van der Waals surface area contributed by atoms with Crippen LogP contribution in [0.15, 0.2) is 60.7 Å². The predicted octanol–water partition coefficient (Wildman–Crippen LogP) is 4.50. The minimum Gasteiger partial charge on any atom is -0.426 e. The van der Waals surface area contributed by atoms with E-state index in [4.69, 9.17) is 0 Å². The Labute approximate surface area is 182 Å². The van der Waals surface area contributed by atoms with E-state index in [1.807, 2.05) is 0 Å². The number of benzene rings is 3. The lowest BCUT2D eigenvalue weighted by Crippen LogP contribution is -2.12. The smallest absolute Gasteiger partial charge is 0.321 e. The van der Waals surface area contributed by atoms with E-state index in [0.717, 1.165) is 4.73 Å². The van der Waals surface area contributed by atoms with Gasteiger partial charge in [-0.25, -0.2) is 10.2 Å². The highest BCUT2D eigenvalue weighted by Gasteiger charge is 2.21. The Bertz CT molecular complexity index is 1370. The zero-order valence-electron chi connectivity index (χ0n) is 17.2. The van der Waals surface area contributed by atoms with Gasteiger partial charge in [-0.2, -0.15) is 4.73 Å². The summed E-state index contributed by atoms with van der Waals surface area (Å²) in [6.45, 7) is 3.11. The van der Waals surface area contributed by atoms with Crippen molar-refractivity contribution in [2.45, 2.75) is 13.8 Å². The zero-order chi connectivity index (χ0) is 23.0. The number of ketones is 1. The lowest BCUT2D eigenvalue weighted by atomic mass is 10.1. The van der Waals surface area contributed by atoms with Crippen LogP contribution in [0.1, 0.15) is 33.2 Å². The van der Waals surface area contributed by atoms with Gasteiger partial charge >= 0.3 is 5.69 Å². The molecule has 0 saturated heterocycles. The molecule has 0 aliphatic heterocycles. The van der Waals surface area contributed by atoms with Crippen molar-refractivity contribution >= 4 is 34.1 Å². The Hall–Kier alpha value is -4.53. The maximum Gasteiger partial charge on any atom is 0.321 e. The molecule has 0 fully saturated rings. The first-order chi connectivity index (χ1) is 15.2. The molecule has 4 rings (SSSR count). The summed E-state index contributed by atoms with van der Waals surface area (Å²) in [5, 5.41) is 22.5. The number of fused-ring (bicyclic) bond motifs is 1. The number of carbonyl (C=O) groups is 2. The van der Waals surface area contributed by atoms with E-state index >= 15 is 0 Å². The molecule has 1 heterocycles. The summed E-state index contributed by atoms with van der Waals surface area (Å²) in [7, 11) is 0. The van der Waals surface area contributed by atoms with Crippen LogP contribution in [0.3, 0.4) is 0 Å². The first kappa shape index (κ1) is 20.7. The Kier molecular flexibility index (Phi) is 5.15. The van der Waals surface area contributed by atoms with Crippen LogP contribution in [-0.4, -0.2) is 36.7 Å². The third-order valence-electron chi connectivity index (χ3n) is 5.11. The molecular weight excluding hydrogens is 412 g/mol. The fourth-order valence-electron chi connectivity index (χ4n) is 3.36. The molecule has 0 unspecified atom stereocenters. The molecule has 0 radical (unpaired) electrons. The third-order valence-corrected chi connectivity index (χ3v) is 5.11. The van der Waals surface area contributed by atoms with Gasteiger partial charge in [0.05, 0.1) is 16.5 Å². The van der Waals surface area contributed by atoms with Crippen molar-refractivity contribution in [3.05, 3.63) is 82.3 Å². The number of nitrogens with one attached hydrogen (secondary N) is 1. The maximum atomic E-state index is 12.4. The molecule has 0 bridgehead atoms. The number of hydrogen-bond donors (Lipinski definition) is 3. The highest BCUT2D eigenvalue weighted by atomic mass is 16.6. The second-order valence-electron chi connectivity index (χ2n) is 7.31. The molecule has 9 nitrogen and oxygen atoms in total. The highest BCUT2D eigenvalue weighted by Crippen LogP contribution is 2.29. The van der Waals surface area contributed by atoms with E-state index in [1.54, 1.807) is 61.5 Å². The zero-order valence-corrected chi connectivity index (χ0v) is 17.2. The molecule has 0 spiro atoms. The van der Waals surface area contributed by atoms with Gasteiger partial charge in [0.15, 0.2) is 11.6 Å². The summed E-state index contributed by atoms with van der Waals surface area (Å²) >= 11 is 0. The summed E-state index contributed by atoms with van der Waals surface area (Å²) in [4.78, 5) is 39.2. The van der Waals surface area contributed by atoms with Crippen LogP contribution in [0, 0.1) is 11.8 Å². The molecule has 32 heavy (non-hydrogen) atoms. The molecule has 0 aliphatic carbocycles. The SMILES string of the molecule is CC(=O)c1ccc(C(=O)Nc2ccc(-c3nc4cc(C)c([N+](=O)O)cc4n3O)cc2)cc1. The quantitative estimate of drug-likeness (QED) is 0.243. The van der Waals surface area contributed by atoms with Gasteiger partial charge in [-0.15, -0.1) is 0 Å². The minimum absolute atomic E-state index is 0.00801. The number of aryl methyl sites for hydroxylation is 1. The number of nitrogens with zero attached hydrogens (tertiary/aromatic N) is 3. The lowest BCUT2D eigenvalue weighted by Gasteiger charge is -2.07. The summed E-state index contributed by atoms with van der Waals surface area (Å²) in [6.07, 6.45) is 0. The van der Waals surface area contributed by atoms with Crippen molar-refractivity contribution in [1.82, 2.24) is 9.71 Å². The van der Waals surface area contributed by atoms with Crippen LogP contribution in [0.4, 0.5) is 11.4 Å². The number of amides is 1. The van der Waals surface area contributed by atoms with Crippen molar-refractivity contribution in [1.29, 1.82) is 0 Å². The first-order valence-corrected chi connectivity index (χ1v) is 9.66. The number of aromatic nitrogens is 2. The van der Waals surface area contributed by atoms with Gasteiger partial charge < -0.3 is 10.5 Å². The number of rotatable bonds is 5. The van der Waals surface area contributed by atoms with Gasteiger partial charge in [0, 0.05) is 27.9 Å². The maximum absolute atomic E-state index is 12.4. The number of imidazole rings is 1. The summed E-state index contributed by atoms with van der Waals surface area (Å²) < 4.78 is 0.839.